The van der Waals surface area contributed by atoms with Gasteiger partial charge in [-0.15, -0.1) is 0 Å². The molecule has 0 heteroatoms. The van der Waals surface area contributed by atoms with E-state index < -0.39 is 0 Å². The summed E-state index contributed by atoms with van der Waals surface area (Å²) in [6.45, 7) is 17.1. The third-order valence-corrected chi connectivity index (χ3v) is 3.50. The molecule has 17 heavy (non-hydrogen) atoms. The van der Waals surface area contributed by atoms with Crippen LogP contribution in [0.1, 0.15) is 66.5 Å². The Labute approximate surface area is 108 Å². The topological polar surface area (TPSA) is 0 Å². The second-order valence-electron chi connectivity index (χ2n) is 4.42. The zero-order valence-electron chi connectivity index (χ0n) is 12.8. The van der Waals surface area contributed by atoms with E-state index >= 15 is 0 Å². The van der Waals surface area contributed by atoms with Crippen molar-refractivity contribution >= 4 is 5.57 Å². The van der Waals surface area contributed by atoms with Crippen LogP contribution >= 0.6 is 0 Å². The zero-order chi connectivity index (χ0) is 13.6. The number of allylic oxidation sites excluding steroid dienone is 2. The van der Waals surface area contributed by atoms with Crippen molar-refractivity contribution in [3.05, 3.63) is 41.0 Å². The molecule has 1 aliphatic carbocycles. The first-order valence-electron chi connectivity index (χ1n) is 6.83. The maximum atomic E-state index is 2.30. The molecule has 1 aliphatic rings. The third kappa shape index (κ3) is 2.80. The van der Waals surface area contributed by atoms with Crippen molar-refractivity contribution in [2.24, 2.45) is 0 Å². The van der Waals surface area contributed by atoms with Crippen LogP contribution in [0.25, 0.3) is 5.57 Å². The molecule has 1 aromatic carbocycles. The highest BCUT2D eigenvalue weighted by Crippen LogP contribution is 2.45. The molecule has 0 saturated heterocycles. The molecule has 0 radical (unpaired) electrons. The summed E-state index contributed by atoms with van der Waals surface area (Å²) in [7, 11) is 0. The normalized spacial score (nSPS) is 15.3. The standard InChI is InChI=1S/C13H16.2C2H6/c1-9-10(2)13(3,4)12-8-6-5-7-11(9)12;2*1-2/h5-8H,1-4H3;2*1-2H3. The van der Waals surface area contributed by atoms with E-state index in [-0.39, 0.29) is 5.41 Å². The van der Waals surface area contributed by atoms with Gasteiger partial charge < -0.3 is 0 Å². The van der Waals surface area contributed by atoms with Gasteiger partial charge in [0.05, 0.1) is 0 Å². The average molecular weight is 232 g/mol. The summed E-state index contributed by atoms with van der Waals surface area (Å²) < 4.78 is 0. The quantitative estimate of drug-likeness (QED) is 0.528. The summed E-state index contributed by atoms with van der Waals surface area (Å²) >= 11 is 0. The smallest absolute Gasteiger partial charge is 0.0114 e. The fraction of sp³-hybridized carbons (Fsp3) is 0.529. The molecule has 2 rings (SSSR count). The Morgan fingerprint density at radius 3 is 1.76 bits per heavy atom. The van der Waals surface area contributed by atoms with E-state index in [4.69, 9.17) is 0 Å². The van der Waals surface area contributed by atoms with E-state index in [2.05, 4.69) is 52.0 Å². The molecule has 0 bridgehead atoms. The van der Waals surface area contributed by atoms with Crippen molar-refractivity contribution in [1.82, 2.24) is 0 Å². The summed E-state index contributed by atoms with van der Waals surface area (Å²) in [6, 6.07) is 8.72. The molecule has 0 heterocycles. The second kappa shape index (κ2) is 6.64. The molecular formula is C17H28. The van der Waals surface area contributed by atoms with Crippen LogP contribution in [0.3, 0.4) is 0 Å². The van der Waals surface area contributed by atoms with Crippen molar-refractivity contribution in [2.75, 3.05) is 0 Å². The van der Waals surface area contributed by atoms with Crippen LogP contribution in [0.2, 0.25) is 0 Å². The van der Waals surface area contributed by atoms with Gasteiger partial charge >= 0.3 is 0 Å². The van der Waals surface area contributed by atoms with Crippen LogP contribution in [0, 0.1) is 0 Å². The van der Waals surface area contributed by atoms with Crippen LogP contribution in [-0.4, -0.2) is 0 Å². The minimum Gasteiger partial charge on any atom is -0.0683 e. The van der Waals surface area contributed by atoms with Gasteiger partial charge in [0.1, 0.15) is 0 Å². The largest absolute Gasteiger partial charge is 0.0683 e. The van der Waals surface area contributed by atoms with Crippen molar-refractivity contribution in [3.8, 4) is 0 Å². The number of fused-ring (bicyclic) bond motifs is 1. The van der Waals surface area contributed by atoms with Gasteiger partial charge in [-0.3, -0.25) is 0 Å². The van der Waals surface area contributed by atoms with E-state index in [1.165, 1.54) is 22.3 Å². The zero-order valence-corrected chi connectivity index (χ0v) is 12.8. The van der Waals surface area contributed by atoms with Crippen LogP contribution in [0.5, 0.6) is 0 Å². The minimum atomic E-state index is 0.237. The van der Waals surface area contributed by atoms with Gasteiger partial charge in [-0.25, -0.2) is 0 Å². The van der Waals surface area contributed by atoms with E-state index in [1.54, 1.807) is 0 Å². The van der Waals surface area contributed by atoms with Crippen LogP contribution in [0.4, 0.5) is 0 Å². The number of rotatable bonds is 0. The predicted octanol–water partition coefficient (Wildman–Crippen LogP) is 5.82. The Kier molecular flexibility index (Phi) is 6.23. The van der Waals surface area contributed by atoms with E-state index in [1.807, 2.05) is 27.7 Å². The first kappa shape index (κ1) is 16.0. The second-order valence-corrected chi connectivity index (χ2v) is 4.42. The van der Waals surface area contributed by atoms with Gasteiger partial charge in [0.2, 0.25) is 0 Å². The molecule has 1 aromatic rings. The molecule has 0 unspecified atom stereocenters. The Bertz CT molecular complexity index is 381. The Morgan fingerprint density at radius 2 is 1.29 bits per heavy atom. The molecule has 0 N–H and O–H groups in total. The molecule has 0 fully saturated rings. The van der Waals surface area contributed by atoms with E-state index in [9.17, 15) is 0 Å². The molecule has 0 nitrogen and oxygen atoms in total. The van der Waals surface area contributed by atoms with Crippen LogP contribution in [0.15, 0.2) is 29.8 Å². The first-order valence-corrected chi connectivity index (χ1v) is 6.83. The van der Waals surface area contributed by atoms with Gasteiger partial charge in [-0.1, -0.05) is 71.4 Å². The SMILES string of the molecule is CC.CC.CC1=C(C)C(C)(C)c2ccccc21. The van der Waals surface area contributed by atoms with Gasteiger partial charge in [0.15, 0.2) is 0 Å². The molecule has 0 aromatic heterocycles. The number of hydrogen-bond acceptors (Lipinski definition) is 0. The van der Waals surface area contributed by atoms with Gasteiger partial charge in [0.25, 0.3) is 0 Å². The molecule has 0 aliphatic heterocycles. The van der Waals surface area contributed by atoms with Crippen molar-refractivity contribution in [1.29, 1.82) is 0 Å². The lowest BCUT2D eigenvalue weighted by Gasteiger charge is -2.22. The lowest BCUT2D eigenvalue weighted by molar-refractivity contribution is 0.639. The molecule has 0 amide bonds. The Balaban J connectivity index is 0.000000581. The molecule has 0 atom stereocenters. The fourth-order valence-corrected chi connectivity index (χ4v) is 2.23. The number of benzene rings is 1. The summed E-state index contributed by atoms with van der Waals surface area (Å²) in [4.78, 5) is 0. The molecule has 0 saturated carbocycles. The predicted molar refractivity (Wildman–Crippen MR) is 80.4 cm³/mol. The Morgan fingerprint density at radius 1 is 0.824 bits per heavy atom. The highest BCUT2D eigenvalue weighted by atomic mass is 14.4. The molecule has 0 spiro atoms. The Hall–Kier alpha value is -1.04. The maximum Gasteiger partial charge on any atom is 0.0114 e. The summed E-state index contributed by atoms with van der Waals surface area (Å²) in [5.74, 6) is 0. The summed E-state index contributed by atoms with van der Waals surface area (Å²) in [6.07, 6.45) is 0. The first-order chi connectivity index (χ1) is 8.05. The lowest BCUT2D eigenvalue weighted by Crippen LogP contribution is -2.15. The van der Waals surface area contributed by atoms with Crippen LogP contribution in [-0.2, 0) is 5.41 Å². The maximum absolute atomic E-state index is 2.30. The van der Waals surface area contributed by atoms with Gasteiger partial charge in [-0.05, 0) is 30.5 Å². The van der Waals surface area contributed by atoms with Gasteiger partial charge in [-0.2, -0.15) is 0 Å². The van der Waals surface area contributed by atoms with Gasteiger partial charge in [0, 0.05) is 5.41 Å². The molecular weight excluding hydrogens is 204 g/mol. The van der Waals surface area contributed by atoms with E-state index in [0.29, 0.717) is 0 Å². The lowest BCUT2D eigenvalue weighted by atomic mass is 9.82. The minimum absolute atomic E-state index is 0.237. The van der Waals surface area contributed by atoms with Crippen LogP contribution < -0.4 is 0 Å². The third-order valence-electron chi connectivity index (χ3n) is 3.50. The van der Waals surface area contributed by atoms with Crippen molar-refractivity contribution in [2.45, 2.75) is 60.8 Å². The van der Waals surface area contributed by atoms with Crippen molar-refractivity contribution < 1.29 is 0 Å². The number of hydrogen-bond donors (Lipinski definition) is 0. The summed E-state index contributed by atoms with van der Waals surface area (Å²) in [5, 5.41) is 0. The van der Waals surface area contributed by atoms with Crippen molar-refractivity contribution in [3.63, 3.8) is 0 Å². The highest BCUT2D eigenvalue weighted by Gasteiger charge is 2.32. The fourth-order valence-electron chi connectivity index (χ4n) is 2.23. The van der Waals surface area contributed by atoms with E-state index in [0.717, 1.165) is 0 Å². The summed E-state index contributed by atoms with van der Waals surface area (Å²) in [5.41, 5.74) is 6.12. The monoisotopic (exact) mass is 232 g/mol. The highest BCUT2D eigenvalue weighted by molar-refractivity contribution is 5.78. The average Bonchev–Trinajstić information content (AvgIpc) is 2.57. The molecule has 96 valence electrons.